The number of carbonyl (C=O) groups excluding carboxylic acids is 2. The lowest BCUT2D eigenvalue weighted by Crippen LogP contribution is -2.37. The Kier molecular flexibility index (Phi) is 11.2. The molecule has 0 bridgehead atoms. The number of hydrogen-bond donors (Lipinski definition) is 2. The molecule has 2 aromatic carbocycles. The van der Waals surface area contributed by atoms with E-state index in [1.54, 1.807) is 6.20 Å². The maximum atomic E-state index is 12.7. The lowest BCUT2D eigenvalue weighted by molar-refractivity contribution is -0.156. The molecule has 8 nitrogen and oxygen atoms in total. The van der Waals surface area contributed by atoms with Gasteiger partial charge in [-0.1, -0.05) is 79.3 Å². The minimum atomic E-state index is -2.16. The van der Waals surface area contributed by atoms with Gasteiger partial charge in [-0.25, -0.2) is 4.79 Å². The number of carbonyl (C=O) groups is 2. The van der Waals surface area contributed by atoms with Crippen LogP contribution in [0.25, 0.3) is 11.1 Å². The maximum absolute atomic E-state index is 12.7. The van der Waals surface area contributed by atoms with Crippen LogP contribution in [0.3, 0.4) is 0 Å². The fourth-order valence-electron chi connectivity index (χ4n) is 3.58. The minimum Gasteiger partial charge on any atom is -0.611 e. The Hall–Kier alpha value is -3.61. The quantitative estimate of drug-likeness (QED) is 0.267. The van der Waals surface area contributed by atoms with E-state index in [-0.39, 0.29) is 24.7 Å². The second-order valence-electron chi connectivity index (χ2n) is 8.89. The topological polar surface area (TPSA) is 116 Å². The van der Waals surface area contributed by atoms with Crippen LogP contribution in [0.15, 0.2) is 83.9 Å². The van der Waals surface area contributed by atoms with Gasteiger partial charge in [-0.15, -0.1) is 0 Å². The summed E-state index contributed by atoms with van der Waals surface area (Å²) in [7, 11) is -2.16. The van der Waals surface area contributed by atoms with Crippen molar-refractivity contribution in [3.63, 3.8) is 0 Å². The van der Waals surface area contributed by atoms with E-state index in [1.165, 1.54) is 5.56 Å². The molecular formula is C28H33N4O4P. The average Bonchev–Trinajstić information content (AvgIpc) is 2.93. The van der Waals surface area contributed by atoms with Crippen molar-refractivity contribution in [1.82, 2.24) is 15.6 Å². The zero-order valence-corrected chi connectivity index (χ0v) is 22.1. The zero-order valence-electron chi connectivity index (χ0n) is 21.2. The minimum absolute atomic E-state index is 0.117. The first-order chi connectivity index (χ1) is 17.9. The predicted molar refractivity (Wildman–Crippen MR) is 144 cm³/mol. The standard InChI is InChI=1S/C28H33N4O4P/c1-21(2)26(32-37(35)20-31-28(34)36-19-23-8-4-3-5-9-23)27(33)30-17-6-10-22-12-14-24(15-13-22)25-11-7-16-29-18-25/h3-5,7-9,11-16,18,21,26H,6,10,17,19-20H2,1-2H3,(H,30,33)(H,31,34)/t26-/m0/s1. The van der Waals surface area contributed by atoms with Crippen molar-refractivity contribution in [3.05, 3.63) is 90.3 Å². The van der Waals surface area contributed by atoms with E-state index in [0.717, 1.165) is 29.5 Å². The van der Waals surface area contributed by atoms with Crippen LogP contribution in [0.5, 0.6) is 0 Å². The summed E-state index contributed by atoms with van der Waals surface area (Å²) in [6.07, 6.45) is 4.31. The zero-order chi connectivity index (χ0) is 26.5. The van der Waals surface area contributed by atoms with E-state index in [9.17, 15) is 14.5 Å². The summed E-state index contributed by atoms with van der Waals surface area (Å²) in [4.78, 5) is 41.1. The van der Waals surface area contributed by atoms with Crippen LogP contribution in [0.4, 0.5) is 4.79 Å². The molecule has 3 aromatic rings. The smallest absolute Gasteiger partial charge is 0.410 e. The van der Waals surface area contributed by atoms with Crippen molar-refractivity contribution < 1.29 is 19.2 Å². The summed E-state index contributed by atoms with van der Waals surface area (Å²) < 4.78 is 9.27. The van der Waals surface area contributed by atoms with Crippen molar-refractivity contribution >= 4 is 19.9 Å². The summed E-state index contributed by atoms with van der Waals surface area (Å²) in [5, 5.41) is 5.35. The third kappa shape index (κ3) is 9.75. The number of benzene rings is 2. The van der Waals surface area contributed by atoms with Gasteiger partial charge in [0, 0.05) is 18.9 Å². The summed E-state index contributed by atoms with van der Waals surface area (Å²) in [6, 6.07) is 20.7. The van der Waals surface area contributed by atoms with Crippen molar-refractivity contribution in [2.45, 2.75) is 39.3 Å². The number of amides is 2. The van der Waals surface area contributed by atoms with Crippen molar-refractivity contribution in [2.24, 2.45) is 10.7 Å². The van der Waals surface area contributed by atoms with Crippen LogP contribution in [0.2, 0.25) is 0 Å². The Morgan fingerprint density at radius 1 is 0.973 bits per heavy atom. The highest BCUT2D eigenvalue weighted by Gasteiger charge is 2.24. The fourth-order valence-corrected chi connectivity index (χ4v) is 4.58. The van der Waals surface area contributed by atoms with Gasteiger partial charge in [-0.05, 0) is 47.1 Å². The highest BCUT2D eigenvalue weighted by Crippen LogP contribution is 2.20. The van der Waals surface area contributed by atoms with Gasteiger partial charge in [-0.2, -0.15) is 0 Å². The molecule has 194 valence electrons. The molecule has 0 saturated carbocycles. The Balaban J connectivity index is 1.40. The number of pyridine rings is 1. The molecular weight excluding hydrogens is 487 g/mol. The number of hydrogen-bond acceptors (Lipinski definition) is 6. The Morgan fingerprint density at radius 3 is 2.41 bits per heavy atom. The highest BCUT2D eigenvalue weighted by atomic mass is 31.1. The molecule has 9 heteroatoms. The van der Waals surface area contributed by atoms with Crippen LogP contribution in [0, 0.1) is 5.92 Å². The average molecular weight is 521 g/mol. The Morgan fingerprint density at radius 2 is 1.73 bits per heavy atom. The Bertz CT molecular complexity index is 1160. The molecule has 0 fully saturated rings. The number of alkyl carbamates (subject to hydrolysis) is 1. The first-order valence-electron chi connectivity index (χ1n) is 12.3. The number of nitrogens with zero attached hydrogens (tertiary/aromatic N) is 2. The van der Waals surface area contributed by atoms with Gasteiger partial charge < -0.3 is 14.9 Å². The van der Waals surface area contributed by atoms with E-state index in [4.69, 9.17) is 4.74 Å². The fraction of sp³-hybridized carbons (Fsp3) is 0.321. The van der Waals surface area contributed by atoms with Gasteiger partial charge in [-0.3, -0.25) is 15.1 Å². The van der Waals surface area contributed by atoms with Crippen LogP contribution >= 0.6 is 7.94 Å². The predicted octanol–water partition coefficient (Wildman–Crippen LogP) is 4.65. The van der Waals surface area contributed by atoms with Gasteiger partial charge in [0.05, 0.1) is 0 Å². The first-order valence-corrected chi connectivity index (χ1v) is 13.7. The maximum Gasteiger partial charge on any atom is 0.410 e. The number of ether oxygens (including phenoxy) is 1. The van der Waals surface area contributed by atoms with Gasteiger partial charge in [0.15, 0.2) is 20.3 Å². The lowest BCUT2D eigenvalue weighted by atomic mass is 10.0. The van der Waals surface area contributed by atoms with E-state index >= 15 is 0 Å². The molecule has 1 heterocycles. The van der Waals surface area contributed by atoms with Crippen LogP contribution < -0.4 is 15.5 Å². The van der Waals surface area contributed by atoms with E-state index < -0.39 is 20.1 Å². The lowest BCUT2D eigenvalue weighted by Gasteiger charge is -2.15. The van der Waals surface area contributed by atoms with Gasteiger partial charge in [0.2, 0.25) is 5.91 Å². The Labute approximate surface area is 219 Å². The molecule has 3 rings (SSSR count). The third-order valence-corrected chi connectivity index (χ3v) is 6.55. The van der Waals surface area contributed by atoms with Gasteiger partial charge in [0.25, 0.3) is 0 Å². The molecule has 2 N–H and O–H groups in total. The van der Waals surface area contributed by atoms with Crippen molar-refractivity contribution in [2.75, 3.05) is 12.8 Å². The van der Waals surface area contributed by atoms with Crippen molar-refractivity contribution in [1.29, 1.82) is 0 Å². The SMILES string of the molecule is CC(C)[C@H](N=[P+]([O-])CNC(=O)OCc1ccccc1)C(=O)NCCCc1ccc(-c2cccnc2)cc1. The molecule has 1 unspecified atom stereocenters. The molecule has 1 aromatic heterocycles. The summed E-state index contributed by atoms with van der Waals surface area (Å²) in [6.45, 7) is 4.31. The molecule has 0 aliphatic rings. The number of aromatic nitrogens is 1. The van der Waals surface area contributed by atoms with Crippen LogP contribution in [-0.2, 0) is 22.6 Å². The molecule has 0 spiro atoms. The van der Waals surface area contributed by atoms with E-state index in [2.05, 4.69) is 44.6 Å². The van der Waals surface area contributed by atoms with Gasteiger partial charge in [0.1, 0.15) is 6.61 Å². The van der Waals surface area contributed by atoms with Crippen molar-refractivity contribution in [3.8, 4) is 11.1 Å². The molecule has 0 saturated heterocycles. The largest absolute Gasteiger partial charge is 0.611 e. The second-order valence-corrected chi connectivity index (χ2v) is 10.1. The molecule has 0 radical (unpaired) electrons. The molecule has 37 heavy (non-hydrogen) atoms. The van der Waals surface area contributed by atoms with Crippen LogP contribution in [-0.4, -0.2) is 35.9 Å². The molecule has 0 aliphatic heterocycles. The third-order valence-electron chi connectivity index (χ3n) is 5.61. The first kappa shape index (κ1) is 28.0. The van der Waals surface area contributed by atoms with Crippen LogP contribution in [0.1, 0.15) is 31.4 Å². The number of rotatable bonds is 12. The molecule has 2 atom stereocenters. The van der Waals surface area contributed by atoms with E-state index in [1.807, 2.05) is 62.5 Å². The summed E-state index contributed by atoms with van der Waals surface area (Å²) >= 11 is 0. The number of aryl methyl sites for hydroxylation is 1. The molecule has 2 amide bonds. The van der Waals surface area contributed by atoms with Gasteiger partial charge >= 0.3 is 6.09 Å². The van der Waals surface area contributed by atoms with E-state index in [0.29, 0.717) is 6.54 Å². The second kappa shape index (κ2) is 14.8. The monoisotopic (exact) mass is 520 g/mol. The molecule has 0 aliphatic carbocycles. The summed E-state index contributed by atoms with van der Waals surface area (Å²) in [5.41, 5.74) is 4.22. The highest BCUT2D eigenvalue weighted by molar-refractivity contribution is 7.39. The number of nitrogens with one attached hydrogen (secondary N) is 2. The summed E-state index contributed by atoms with van der Waals surface area (Å²) in [5.74, 6) is -0.402. The normalized spacial score (nSPS) is 12.2.